The van der Waals surface area contributed by atoms with Crippen LogP contribution in [-0.2, 0) is 9.53 Å². The van der Waals surface area contributed by atoms with Crippen molar-refractivity contribution >= 4 is 22.8 Å². The Labute approximate surface area is 115 Å². The highest BCUT2D eigenvalue weighted by Crippen LogP contribution is 2.33. The predicted octanol–water partition coefficient (Wildman–Crippen LogP) is -1.35. The SMILES string of the molecule is CN=C1N[C@@H]2[C@@H](O)[C@H](O)[C@@H](C(=O)NC(C)C)O[C@@H]2S1. The molecule has 0 radical (unpaired) electrons. The molecule has 0 unspecified atom stereocenters. The second-order valence-corrected chi connectivity index (χ2v) is 5.97. The summed E-state index contributed by atoms with van der Waals surface area (Å²) in [6.45, 7) is 3.64. The van der Waals surface area contributed by atoms with Crippen molar-refractivity contribution in [2.75, 3.05) is 7.05 Å². The van der Waals surface area contributed by atoms with Crippen LogP contribution in [0.3, 0.4) is 0 Å². The van der Waals surface area contributed by atoms with Gasteiger partial charge in [-0.1, -0.05) is 11.8 Å². The molecule has 4 N–H and O–H groups in total. The summed E-state index contributed by atoms with van der Waals surface area (Å²) in [6, 6.07) is -0.512. The van der Waals surface area contributed by atoms with Crippen molar-refractivity contribution < 1.29 is 19.7 Å². The van der Waals surface area contributed by atoms with E-state index in [0.717, 1.165) is 0 Å². The Morgan fingerprint density at radius 2 is 2.16 bits per heavy atom. The Bertz CT molecular complexity index is 390. The number of carbonyl (C=O) groups excluding carboxylic acids is 1. The Balaban J connectivity index is 2.10. The van der Waals surface area contributed by atoms with Crippen LogP contribution in [0.4, 0.5) is 0 Å². The van der Waals surface area contributed by atoms with Gasteiger partial charge in [0, 0.05) is 13.1 Å². The zero-order valence-corrected chi connectivity index (χ0v) is 11.8. The number of fused-ring (bicyclic) bond motifs is 1. The molecule has 2 aliphatic rings. The minimum absolute atomic E-state index is 0.0553. The van der Waals surface area contributed by atoms with E-state index < -0.39 is 35.7 Å². The lowest BCUT2D eigenvalue weighted by Gasteiger charge is -2.38. The Morgan fingerprint density at radius 3 is 2.74 bits per heavy atom. The van der Waals surface area contributed by atoms with Gasteiger partial charge in [0.2, 0.25) is 0 Å². The van der Waals surface area contributed by atoms with Gasteiger partial charge < -0.3 is 25.6 Å². The van der Waals surface area contributed by atoms with Crippen LogP contribution in [0.1, 0.15) is 13.8 Å². The molecule has 0 saturated carbocycles. The van der Waals surface area contributed by atoms with E-state index in [2.05, 4.69) is 15.6 Å². The standard InChI is InChI=1S/C11H19N3O4S/c1-4(2)13-9(17)8-7(16)6(15)5-10(18-8)19-11(12-3)14-5/h4-8,10,15-16H,1-3H3,(H,12,14)(H,13,17)/t5-,6-,7+,8+,10-/m1/s1. The lowest BCUT2D eigenvalue weighted by molar-refractivity contribution is -0.173. The maximum absolute atomic E-state index is 11.9. The van der Waals surface area contributed by atoms with Gasteiger partial charge in [0.15, 0.2) is 11.3 Å². The molecule has 2 rings (SSSR count). The van der Waals surface area contributed by atoms with Gasteiger partial charge in [-0.05, 0) is 13.8 Å². The van der Waals surface area contributed by atoms with Gasteiger partial charge in [0.1, 0.15) is 17.6 Å². The molecule has 0 spiro atoms. The van der Waals surface area contributed by atoms with Gasteiger partial charge in [0.05, 0.1) is 6.04 Å². The molecule has 0 aliphatic carbocycles. The third-order valence-corrected chi connectivity index (χ3v) is 4.17. The van der Waals surface area contributed by atoms with Crippen LogP contribution in [-0.4, -0.2) is 64.2 Å². The first kappa shape index (κ1) is 14.6. The first-order valence-corrected chi connectivity index (χ1v) is 7.04. The summed E-state index contributed by atoms with van der Waals surface area (Å²) in [5, 5.41) is 26.3. The third kappa shape index (κ3) is 2.86. The number of amidine groups is 1. The molecule has 0 aromatic carbocycles. The van der Waals surface area contributed by atoms with E-state index in [9.17, 15) is 15.0 Å². The zero-order chi connectivity index (χ0) is 14.2. The van der Waals surface area contributed by atoms with Gasteiger partial charge in [-0.2, -0.15) is 0 Å². The number of hydrogen-bond acceptors (Lipinski definition) is 6. The van der Waals surface area contributed by atoms with E-state index in [1.807, 2.05) is 13.8 Å². The zero-order valence-electron chi connectivity index (χ0n) is 11.0. The average molecular weight is 289 g/mol. The second kappa shape index (κ2) is 5.66. The minimum Gasteiger partial charge on any atom is -0.388 e. The predicted molar refractivity (Wildman–Crippen MR) is 71.8 cm³/mol. The number of thioether (sulfide) groups is 1. The van der Waals surface area contributed by atoms with E-state index >= 15 is 0 Å². The molecule has 1 amide bonds. The Morgan fingerprint density at radius 1 is 1.47 bits per heavy atom. The smallest absolute Gasteiger partial charge is 0.252 e. The molecular weight excluding hydrogens is 270 g/mol. The summed E-state index contributed by atoms with van der Waals surface area (Å²) < 4.78 is 5.59. The van der Waals surface area contributed by atoms with E-state index in [-0.39, 0.29) is 6.04 Å². The van der Waals surface area contributed by atoms with Crippen LogP contribution < -0.4 is 10.6 Å². The number of carbonyl (C=O) groups is 1. The monoisotopic (exact) mass is 289 g/mol. The quantitative estimate of drug-likeness (QED) is 0.501. The Kier molecular flexibility index (Phi) is 4.34. The third-order valence-electron chi connectivity index (χ3n) is 3.01. The molecule has 108 valence electrons. The topological polar surface area (TPSA) is 103 Å². The van der Waals surface area contributed by atoms with Crippen LogP contribution >= 0.6 is 11.8 Å². The lowest BCUT2D eigenvalue weighted by Crippen LogP contribution is -2.62. The molecule has 2 fully saturated rings. The maximum Gasteiger partial charge on any atom is 0.252 e. The highest BCUT2D eigenvalue weighted by molar-refractivity contribution is 8.14. The van der Waals surface area contributed by atoms with Crippen molar-refractivity contribution in [3.05, 3.63) is 0 Å². The number of nitrogens with one attached hydrogen (secondary N) is 2. The van der Waals surface area contributed by atoms with E-state index in [1.54, 1.807) is 7.05 Å². The van der Waals surface area contributed by atoms with E-state index in [0.29, 0.717) is 5.17 Å². The van der Waals surface area contributed by atoms with Crippen molar-refractivity contribution in [2.45, 2.75) is 49.7 Å². The molecule has 2 saturated heterocycles. The van der Waals surface area contributed by atoms with Crippen LogP contribution in [0.2, 0.25) is 0 Å². The molecule has 5 atom stereocenters. The first-order chi connectivity index (χ1) is 8.93. The van der Waals surface area contributed by atoms with Gasteiger partial charge in [-0.25, -0.2) is 0 Å². The number of aliphatic hydroxyl groups excluding tert-OH is 2. The van der Waals surface area contributed by atoms with E-state index in [1.165, 1.54) is 11.8 Å². The minimum atomic E-state index is -1.26. The summed E-state index contributed by atoms with van der Waals surface area (Å²) in [7, 11) is 1.62. The van der Waals surface area contributed by atoms with Gasteiger partial charge in [-0.15, -0.1) is 0 Å². The van der Waals surface area contributed by atoms with Gasteiger partial charge >= 0.3 is 0 Å². The summed E-state index contributed by atoms with van der Waals surface area (Å²) >= 11 is 1.31. The second-order valence-electron chi connectivity index (χ2n) is 4.89. The van der Waals surface area contributed by atoms with Crippen LogP contribution in [0.15, 0.2) is 4.99 Å². The van der Waals surface area contributed by atoms with Crippen molar-refractivity contribution in [1.29, 1.82) is 0 Å². The molecule has 19 heavy (non-hydrogen) atoms. The summed E-state index contributed by atoms with van der Waals surface area (Å²) in [4.78, 5) is 15.9. The normalized spacial score (nSPS) is 40.1. The average Bonchev–Trinajstić information content (AvgIpc) is 2.76. The molecule has 2 heterocycles. The van der Waals surface area contributed by atoms with Crippen molar-refractivity contribution in [1.82, 2.24) is 10.6 Å². The summed E-state index contributed by atoms with van der Waals surface area (Å²) in [5.41, 5.74) is -0.431. The summed E-state index contributed by atoms with van der Waals surface area (Å²) in [6.07, 6.45) is -3.40. The molecule has 2 aliphatic heterocycles. The molecule has 7 nitrogen and oxygen atoms in total. The molecular formula is C11H19N3O4S. The fraction of sp³-hybridized carbons (Fsp3) is 0.818. The first-order valence-electron chi connectivity index (χ1n) is 6.16. The van der Waals surface area contributed by atoms with Gasteiger partial charge in [0.25, 0.3) is 5.91 Å². The van der Waals surface area contributed by atoms with Crippen molar-refractivity contribution in [3.63, 3.8) is 0 Å². The number of nitrogens with zero attached hydrogens (tertiary/aromatic N) is 1. The number of hydrogen-bond donors (Lipinski definition) is 4. The Hall–Kier alpha value is -0.830. The van der Waals surface area contributed by atoms with Crippen LogP contribution in [0.5, 0.6) is 0 Å². The number of ether oxygens (including phenoxy) is 1. The summed E-state index contributed by atoms with van der Waals surface area (Å²) in [5.74, 6) is -0.414. The van der Waals surface area contributed by atoms with Crippen molar-refractivity contribution in [3.8, 4) is 0 Å². The number of aliphatic imine (C=N–C) groups is 1. The van der Waals surface area contributed by atoms with E-state index in [4.69, 9.17) is 4.74 Å². The molecule has 0 bridgehead atoms. The maximum atomic E-state index is 11.9. The van der Waals surface area contributed by atoms with Crippen molar-refractivity contribution in [2.24, 2.45) is 4.99 Å². The molecule has 8 heteroatoms. The molecule has 0 aromatic heterocycles. The largest absolute Gasteiger partial charge is 0.388 e. The van der Waals surface area contributed by atoms with Gasteiger partial charge in [-0.3, -0.25) is 9.79 Å². The molecule has 0 aromatic rings. The highest BCUT2D eigenvalue weighted by Gasteiger charge is 2.51. The fourth-order valence-corrected chi connectivity index (χ4v) is 3.18. The number of amides is 1. The fourth-order valence-electron chi connectivity index (χ4n) is 2.10. The van der Waals surface area contributed by atoms with Crippen LogP contribution in [0.25, 0.3) is 0 Å². The van der Waals surface area contributed by atoms with Crippen LogP contribution in [0, 0.1) is 0 Å². The highest BCUT2D eigenvalue weighted by atomic mass is 32.2. The number of rotatable bonds is 2. The number of aliphatic hydroxyl groups is 2. The lowest BCUT2D eigenvalue weighted by atomic mass is 9.97.